The molecule has 4 aromatic carbocycles. The number of hydrogen-bond donors (Lipinski definition) is 2. The van der Waals surface area contributed by atoms with Gasteiger partial charge in [-0.1, -0.05) is 59.1 Å². The Bertz CT molecular complexity index is 1370. The second kappa shape index (κ2) is 12.7. The first-order chi connectivity index (χ1) is 18.3. The highest BCUT2D eigenvalue weighted by atomic mass is 35.5. The van der Waals surface area contributed by atoms with E-state index < -0.39 is 18.0 Å². The molecule has 0 spiro atoms. The molecule has 4 rings (SSSR count). The third-order valence-electron chi connectivity index (χ3n) is 5.63. The molecule has 0 heterocycles. The Hall–Kier alpha value is -3.71. The maximum atomic E-state index is 13.1. The molecule has 4 aromatic rings. The molecule has 0 saturated heterocycles. The summed E-state index contributed by atoms with van der Waals surface area (Å²) in [7, 11) is 1.53. The molecule has 2 N–H and O–H groups in total. The van der Waals surface area contributed by atoms with Crippen molar-refractivity contribution in [2.45, 2.75) is 12.8 Å². The van der Waals surface area contributed by atoms with Gasteiger partial charge in [0, 0.05) is 31.8 Å². The van der Waals surface area contributed by atoms with E-state index in [2.05, 4.69) is 10.6 Å². The van der Waals surface area contributed by atoms with Crippen molar-refractivity contribution in [2.24, 2.45) is 0 Å². The van der Waals surface area contributed by atoms with Crippen LogP contribution in [0.5, 0.6) is 11.5 Å². The number of carbonyl (C=O) groups is 2. The molecular weight excluding hydrogens is 547 g/mol. The van der Waals surface area contributed by atoms with Gasteiger partial charge in [-0.25, -0.2) is 0 Å². The van der Waals surface area contributed by atoms with E-state index in [1.807, 2.05) is 18.2 Å². The number of benzene rings is 4. The Morgan fingerprint density at radius 3 is 1.82 bits per heavy atom. The monoisotopic (exact) mass is 568 g/mol. The van der Waals surface area contributed by atoms with Gasteiger partial charge in [0.25, 0.3) is 11.8 Å². The second-order valence-corrected chi connectivity index (χ2v) is 9.46. The lowest BCUT2D eigenvalue weighted by molar-refractivity contribution is 0.0883. The van der Waals surface area contributed by atoms with Gasteiger partial charge in [-0.3, -0.25) is 9.59 Å². The Kier molecular flexibility index (Phi) is 9.13. The summed E-state index contributed by atoms with van der Waals surface area (Å²) in [6.07, 6.45) is -0.907. The predicted octanol–water partition coefficient (Wildman–Crippen LogP) is 7.09. The van der Waals surface area contributed by atoms with Gasteiger partial charge in [0.2, 0.25) is 0 Å². The molecule has 194 valence electrons. The van der Waals surface area contributed by atoms with Gasteiger partial charge in [0.1, 0.15) is 12.8 Å². The molecule has 0 atom stereocenters. The highest BCUT2D eigenvalue weighted by molar-refractivity contribution is 6.31. The van der Waals surface area contributed by atoms with Gasteiger partial charge in [0.05, 0.1) is 7.11 Å². The van der Waals surface area contributed by atoms with Crippen LogP contribution in [-0.2, 0) is 6.61 Å². The van der Waals surface area contributed by atoms with Gasteiger partial charge in [0.15, 0.2) is 11.5 Å². The lowest BCUT2D eigenvalue weighted by Gasteiger charge is -2.22. The van der Waals surface area contributed by atoms with E-state index in [0.717, 1.165) is 5.56 Å². The highest BCUT2D eigenvalue weighted by Gasteiger charge is 2.21. The highest BCUT2D eigenvalue weighted by Crippen LogP contribution is 2.31. The zero-order valence-electron chi connectivity index (χ0n) is 20.2. The summed E-state index contributed by atoms with van der Waals surface area (Å²) in [6.45, 7) is 0.193. The van der Waals surface area contributed by atoms with Crippen molar-refractivity contribution in [1.82, 2.24) is 10.6 Å². The molecule has 0 unspecified atom stereocenters. The number of hydrogen-bond acceptors (Lipinski definition) is 4. The van der Waals surface area contributed by atoms with E-state index in [-0.39, 0.29) is 6.61 Å². The summed E-state index contributed by atoms with van der Waals surface area (Å²) in [5, 5.41) is 7.33. The van der Waals surface area contributed by atoms with Crippen LogP contribution in [-0.4, -0.2) is 18.9 Å². The maximum Gasteiger partial charge on any atom is 0.253 e. The van der Waals surface area contributed by atoms with Crippen molar-refractivity contribution < 1.29 is 19.1 Å². The van der Waals surface area contributed by atoms with Gasteiger partial charge in [-0.15, -0.1) is 0 Å². The Labute approximate surface area is 235 Å². The summed E-state index contributed by atoms with van der Waals surface area (Å²) in [5.41, 5.74) is 2.11. The average molecular weight is 570 g/mol. The number of amides is 2. The van der Waals surface area contributed by atoms with Crippen molar-refractivity contribution in [1.29, 1.82) is 0 Å². The molecule has 2 amide bonds. The quantitative estimate of drug-likeness (QED) is 0.211. The van der Waals surface area contributed by atoms with E-state index >= 15 is 0 Å². The third-order valence-corrected chi connectivity index (χ3v) is 6.50. The van der Waals surface area contributed by atoms with Crippen molar-refractivity contribution in [3.8, 4) is 11.5 Å². The number of carbonyl (C=O) groups excluding carboxylic acids is 2. The molecule has 38 heavy (non-hydrogen) atoms. The predicted molar refractivity (Wildman–Crippen MR) is 149 cm³/mol. The molecule has 0 aliphatic rings. The molecule has 0 aliphatic heterocycles. The summed E-state index contributed by atoms with van der Waals surface area (Å²) in [4.78, 5) is 26.1. The number of ether oxygens (including phenoxy) is 2. The molecule has 0 saturated carbocycles. The fourth-order valence-electron chi connectivity index (χ4n) is 3.59. The standard InChI is InChI=1S/C29H23Cl3N2O4/c1-37-25-15-10-20(16-26(25)38-17-21-4-2-3-5-24(21)32)27(33-28(35)18-6-11-22(30)12-7-18)34-29(36)19-8-13-23(31)14-9-19/h2-16,27H,17H2,1H3,(H,33,35)(H,34,36). The van der Waals surface area contributed by atoms with E-state index in [1.165, 1.54) is 7.11 Å². The number of halogens is 3. The van der Waals surface area contributed by atoms with Crippen LogP contribution in [0.25, 0.3) is 0 Å². The van der Waals surface area contributed by atoms with Crippen LogP contribution in [0.1, 0.15) is 38.0 Å². The van der Waals surface area contributed by atoms with Crippen molar-refractivity contribution >= 4 is 46.6 Å². The molecule has 9 heteroatoms. The summed E-state index contributed by atoms with van der Waals surface area (Å²) < 4.78 is 11.5. The Morgan fingerprint density at radius 2 is 1.29 bits per heavy atom. The molecule has 6 nitrogen and oxygen atoms in total. The zero-order chi connectivity index (χ0) is 27.1. The first kappa shape index (κ1) is 27.3. The van der Waals surface area contributed by atoms with Crippen molar-refractivity contribution in [3.05, 3.63) is 128 Å². The normalized spacial score (nSPS) is 10.7. The SMILES string of the molecule is COc1ccc(C(NC(=O)c2ccc(Cl)cc2)NC(=O)c2ccc(Cl)cc2)cc1OCc1ccccc1Cl. The van der Waals surface area contributed by atoms with Gasteiger partial charge >= 0.3 is 0 Å². The fraction of sp³-hybridized carbons (Fsp3) is 0.103. The first-order valence-electron chi connectivity index (χ1n) is 11.5. The van der Waals surface area contributed by atoms with Gasteiger partial charge in [-0.05, 0) is 72.3 Å². The molecule has 0 aliphatic carbocycles. The lowest BCUT2D eigenvalue weighted by atomic mass is 10.1. The summed E-state index contributed by atoms with van der Waals surface area (Å²) in [5.74, 6) is 0.0823. The minimum Gasteiger partial charge on any atom is -0.493 e. The molecule has 0 radical (unpaired) electrons. The van der Waals surface area contributed by atoms with Crippen LogP contribution >= 0.6 is 34.8 Å². The van der Waals surface area contributed by atoms with E-state index in [9.17, 15) is 9.59 Å². The lowest BCUT2D eigenvalue weighted by Crippen LogP contribution is -2.41. The van der Waals surface area contributed by atoms with Gasteiger partial charge in [-0.2, -0.15) is 0 Å². The van der Waals surface area contributed by atoms with Gasteiger partial charge < -0.3 is 20.1 Å². The molecule has 0 aromatic heterocycles. The van der Waals surface area contributed by atoms with Crippen LogP contribution in [0.4, 0.5) is 0 Å². The topological polar surface area (TPSA) is 76.7 Å². The third kappa shape index (κ3) is 6.98. The Morgan fingerprint density at radius 1 is 0.737 bits per heavy atom. The largest absolute Gasteiger partial charge is 0.493 e. The van der Waals surface area contributed by atoms with Crippen molar-refractivity contribution in [2.75, 3.05) is 7.11 Å². The van der Waals surface area contributed by atoms with Crippen molar-refractivity contribution in [3.63, 3.8) is 0 Å². The number of rotatable bonds is 9. The fourth-order valence-corrected chi connectivity index (χ4v) is 4.03. The summed E-state index contributed by atoms with van der Waals surface area (Å²) >= 11 is 18.2. The van der Waals surface area contributed by atoms with Crippen LogP contribution in [0, 0.1) is 0 Å². The number of methoxy groups -OCH3 is 1. The average Bonchev–Trinajstić information content (AvgIpc) is 2.92. The zero-order valence-corrected chi connectivity index (χ0v) is 22.5. The first-order valence-corrected chi connectivity index (χ1v) is 12.6. The van der Waals surface area contributed by atoms with Crippen LogP contribution in [0.15, 0.2) is 91.0 Å². The van der Waals surface area contributed by atoms with E-state index in [1.54, 1.807) is 72.8 Å². The van der Waals surface area contributed by atoms with Crippen LogP contribution in [0.3, 0.4) is 0 Å². The molecular formula is C29H23Cl3N2O4. The van der Waals surface area contributed by atoms with Crippen LogP contribution in [0.2, 0.25) is 15.1 Å². The minimum atomic E-state index is -0.907. The molecule has 0 fully saturated rings. The summed E-state index contributed by atoms with van der Waals surface area (Å²) in [6, 6.07) is 25.3. The minimum absolute atomic E-state index is 0.193. The second-order valence-electron chi connectivity index (χ2n) is 8.18. The van der Waals surface area contributed by atoms with E-state index in [0.29, 0.717) is 43.3 Å². The van der Waals surface area contributed by atoms with Crippen LogP contribution < -0.4 is 20.1 Å². The maximum absolute atomic E-state index is 13.1. The smallest absolute Gasteiger partial charge is 0.253 e. The number of nitrogens with one attached hydrogen (secondary N) is 2. The molecule has 0 bridgehead atoms. The van der Waals surface area contributed by atoms with E-state index in [4.69, 9.17) is 44.3 Å². The Balaban J connectivity index is 1.63.